The average Bonchev–Trinajstić information content (AvgIpc) is 3.12. The molecule has 26 heavy (non-hydrogen) atoms. The number of nitrogens with zero attached hydrogens (tertiary/aromatic N) is 4. The summed E-state index contributed by atoms with van der Waals surface area (Å²) in [4.78, 5) is 21.2. The van der Waals surface area contributed by atoms with E-state index >= 15 is 0 Å². The Kier molecular flexibility index (Phi) is 6.04. The maximum atomic E-state index is 12.5. The van der Waals surface area contributed by atoms with E-state index in [1.54, 1.807) is 0 Å². The molecule has 6 nitrogen and oxygen atoms in total. The molecule has 0 spiro atoms. The number of hydrogen-bond donors (Lipinski definition) is 0. The standard InChI is InChI=1S/C20H28N4O2/c1-4-24(5-2)20(25)17-10-12-23(13-11-17)14-18-21-19(22-26-18)16-8-6-15(3)7-9-16/h6-9,17H,4-5,10-14H2,1-3H3. The van der Waals surface area contributed by atoms with Crippen LogP contribution in [0.2, 0.25) is 0 Å². The molecular formula is C20H28N4O2. The van der Waals surface area contributed by atoms with Crippen LogP contribution in [0.5, 0.6) is 0 Å². The highest BCUT2D eigenvalue weighted by Crippen LogP contribution is 2.22. The van der Waals surface area contributed by atoms with Gasteiger partial charge in [-0.15, -0.1) is 0 Å². The van der Waals surface area contributed by atoms with Crippen LogP contribution in [0, 0.1) is 12.8 Å². The molecule has 0 saturated carbocycles. The molecule has 1 amide bonds. The van der Waals surface area contributed by atoms with Crippen LogP contribution in [0.3, 0.4) is 0 Å². The van der Waals surface area contributed by atoms with E-state index in [0.717, 1.165) is 44.6 Å². The molecule has 0 radical (unpaired) electrons. The van der Waals surface area contributed by atoms with Gasteiger partial charge in [-0.3, -0.25) is 9.69 Å². The van der Waals surface area contributed by atoms with E-state index in [-0.39, 0.29) is 5.92 Å². The first kappa shape index (κ1) is 18.6. The fourth-order valence-corrected chi connectivity index (χ4v) is 3.46. The van der Waals surface area contributed by atoms with Crippen molar-refractivity contribution in [2.45, 2.75) is 40.2 Å². The Bertz CT molecular complexity index is 714. The summed E-state index contributed by atoms with van der Waals surface area (Å²) in [5.41, 5.74) is 2.17. The predicted molar refractivity (Wildman–Crippen MR) is 100 cm³/mol. The van der Waals surface area contributed by atoms with Crippen molar-refractivity contribution < 1.29 is 9.32 Å². The van der Waals surface area contributed by atoms with Crippen LogP contribution in [0.1, 0.15) is 38.1 Å². The van der Waals surface area contributed by atoms with Gasteiger partial charge in [0.05, 0.1) is 6.54 Å². The molecule has 0 atom stereocenters. The predicted octanol–water partition coefficient (Wildman–Crippen LogP) is 3.13. The van der Waals surface area contributed by atoms with E-state index in [1.165, 1.54) is 5.56 Å². The number of carbonyl (C=O) groups is 1. The zero-order valence-corrected chi connectivity index (χ0v) is 15.9. The monoisotopic (exact) mass is 356 g/mol. The summed E-state index contributed by atoms with van der Waals surface area (Å²) in [7, 11) is 0. The Labute approximate surface area is 155 Å². The van der Waals surface area contributed by atoms with Crippen LogP contribution in [0.4, 0.5) is 0 Å². The minimum absolute atomic E-state index is 0.150. The molecule has 3 rings (SSSR count). The number of hydrogen-bond acceptors (Lipinski definition) is 5. The second-order valence-electron chi connectivity index (χ2n) is 6.94. The molecule has 2 aromatic rings. The first-order valence-corrected chi connectivity index (χ1v) is 9.51. The second kappa shape index (κ2) is 8.45. The fraction of sp³-hybridized carbons (Fsp3) is 0.550. The summed E-state index contributed by atoms with van der Waals surface area (Å²) in [6.07, 6.45) is 1.79. The summed E-state index contributed by atoms with van der Waals surface area (Å²) in [5, 5.41) is 4.10. The van der Waals surface area contributed by atoms with Gasteiger partial charge in [0.15, 0.2) is 0 Å². The molecular weight excluding hydrogens is 328 g/mol. The molecule has 140 valence electrons. The first-order valence-electron chi connectivity index (χ1n) is 9.51. The number of rotatable bonds is 6. The van der Waals surface area contributed by atoms with Crippen LogP contribution >= 0.6 is 0 Å². The van der Waals surface area contributed by atoms with Crippen LogP contribution in [0.25, 0.3) is 11.4 Å². The van der Waals surface area contributed by atoms with Crippen molar-refractivity contribution >= 4 is 5.91 Å². The van der Waals surface area contributed by atoms with E-state index in [9.17, 15) is 4.79 Å². The second-order valence-corrected chi connectivity index (χ2v) is 6.94. The zero-order valence-electron chi connectivity index (χ0n) is 15.9. The molecule has 1 saturated heterocycles. The molecule has 0 unspecified atom stereocenters. The van der Waals surface area contributed by atoms with Crippen molar-refractivity contribution in [3.8, 4) is 11.4 Å². The Morgan fingerprint density at radius 2 is 1.85 bits per heavy atom. The molecule has 0 N–H and O–H groups in total. The van der Waals surface area contributed by atoms with Crippen LogP contribution in [0.15, 0.2) is 28.8 Å². The number of aromatic nitrogens is 2. The number of benzene rings is 1. The van der Waals surface area contributed by atoms with Gasteiger partial charge in [0.25, 0.3) is 0 Å². The van der Waals surface area contributed by atoms with Gasteiger partial charge in [-0.25, -0.2) is 0 Å². The average molecular weight is 356 g/mol. The smallest absolute Gasteiger partial charge is 0.241 e. The largest absolute Gasteiger partial charge is 0.343 e. The fourth-order valence-electron chi connectivity index (χ4n) is 3.46. The lowest BCUT2D eigenvalue weighted by Gasteiger charge is -2.32. The minimum atomic E-state index is 0.150. The van der Waals surface area contributed by atoms with E-state index in [0.29, 0.717) is 24.2 Å². The van der Waals surface area contributed by atoms with Gasteiger partial charge in [0.2, 0.25) is 17.6 Å². The molecule has 1 aromatic heterocycles. The van der Waals surface area contributed by atoms with Gasteiger partial charge in [0, 0.05) is 24.6 Å². The number of aryl methyl sites for hydroxylation is 1. The van der Waals surface area contributed by atoms with Gasteiger partial charge in [-0.2, -0.15) is 4.98 Å². The molecule has 0 aliphatic carbocycles. The minimum Gasteiger partial charge on any atom is -0.343 e. The molecule has 6 heteroatoms. The lowest BCUT2D eigenvalue weighted by atomic mass is 9.95. The van der Waals surface area contributed by atoms with Gasteiger partial charge in [0.1, 0.15) is 0 Å². The summed E-state index contributed by atoms with van der Waals surface area (Å²) in [6.45, 7) is 10.1. The third-order valence-electron chi connectivity index (χ3n) is 5.15. The Hall–Kier alpha value is -2.21. The summed E-state index contributed by atoms with van der Waals surface area (Å²) >= 11 is 0. The van der Waals surface area contributed by atoms with Crippen molar-refractivity contribution in [3.05, 3.63) is 35.7 Å². The van der Waals surface area contributed by atoms with E-state index in [2.05, 4.69) is 22.0 Å². The van der Waals surface area contributed by atoms with Gasteiger partial charge in [-0.05, 0) is 46.7 Å². The number of piperidine rings is 1. The third kappa shape index (κ3) is 4.30. The van der Waals surface area contributed by atoms with E-state index in [4.69, 9.17) is 4.52 Å². The normalized spacial score (nSPS) is 16.0. The highest BCUT2D eigenvalue weighted by Gasteiger charge is 2.28. The molecule has 0 bridgehead atoms. The van der Waals surface area contributed by atoms with Crippen LogP contribution in [-0.2, 0) is 11.3 Å². The van der Waals surface area contributed by atoms with Crippen molar-refractivity contribution in [3.63, 3.8) is 0 Å². The Morgan fingerprint density at radius 3 is 2.46 bits per heavy atom. The third-order valence-corrected chi connectivity index (χ3v) is 5.15. The summed E-state index contributed by atoms with van der Waals surface area (Å²) < 4.78 is 5.42. The Morgan fingerprint density at radius 1 is 1.19 bits per heavy atom. The van der Waals surface area contributed by atoms with Gasteiger partial charge >= 0.3 is 0 Å². The van der Waals surface area contributed by atoms with Crippen LogP contribution in [-0.4, -0.2) is 52.0 Å². The van der Waals surface area contributed by atoms with Gasteiger partial charge < -0.3 is 9.42 Å². The van der Waals surface area contributed by atoms with Crippen molar-refractivity contribution in [2.24, 2.45) is 5.92 Å². The summed E-state index contributed by atoms with van der Waals surface area (Å²) in [6, 6.07) is 8.11. The Balaban J connectivity index is 1.54. The van der Waals surface area contributed by atoms with E-state index in [1.807, 2.05) is 43.0 Å². The number of amides is 1. The summed E-state index contributed by atoms with van der Waals surface area (Å²) in [5.74, 6) is 1.71. The molecule has 1 aromatic carbocycles. The highest BCUT2D eigenvalue weighted by molar-refractivity contribution is 5.78. The van der Waals surface area contributed by atoms with Crippen molar-refractivity contribution in [1.82, 2.24) is 19.9 Å². The van der Waals surface area contributed by atoms with Crippen molar-refractivity contribution in [1.29, 1.82) is 0 Å². The molecule has 2 heterocycles. The van der Waals surface area contributed by atoms with E-state index < -0.39 is 0 Å². The molecule has 1 fully saturated rings. The maximum Gasteiger partial charge on any atom is 0.241 e. The number of likely N-dealkylation sites (tertiary alicyclic amines) is 1. The zero-order chi connectivity index (χ0) is 18.5. The molecule has 1 aliphatic rings. The maximum absolute atomic E-state index is 12.5. The highest BCUT2D eigenvalue weighted by atomic mass is 16.5. The lowest BCUT2D eigenvalue weighted by molar-refractivity contribution is -0.136. The lowest BCUT2D eigenvalue weighted by Crippen LogP contribution is -2.42. The topological polar surface area (TPSA) is 62.5 Å². The first-order chi connectivity index (χ1) is 12.6. The van der Waals surface area contributed by atoms with Crippen molar-refractivity contribution in [2.75, 3.05) is 26.2 Å². The van der Waals surface area contributed by atoms with Gasteiger partial charge in [-0.1, -0.05) is 35.0 Å². The van der Waals surface area contributed by atoms with Crippen LogP contribution < -0.4 is 0 Å². The quantitative estimate of drug-likeness (QED) is 0.796. The SMILES string of the molecule is CCN(CC)C(=O)C1CCN(Cc2nc(-c3ccc(C)cc3)no2)CC1. The molecule has 1 aliphatic heterocycles. The number of carbonyl (C=O) groups excluding carboxylic acids is 1.